The van der Waals surface area contributed by atoms with Gasteiger partial charge in [0.15, 0.2) is 5.78 Å². The maximum atomic E-state index is 13.5. The van der Waals surface area contributed by atoms with Crippen LogP contribution >= 0.6 is 0 Å². The smallest absolute Gasteiger partial charge is 0.268 e. The van der Waals surface area contributed by atoms with Gasteiger partial charge in [0.05, 0.1) is 43.2 Å². The molecule has 6 amide bonds. The fourth-order valence-electron chi connectivity index (χ4n) is 7.71. The molecule has 0 radical (unpaired) electrons. The van der Waals surface area contributed by atoms with E-state index in [1.165, 1.54) is 4.90 Å². The highest BCUT2D eigenvalue weighted by atomic mass is 19.1. The van der Waals surface area contributed by atoms with Crippen molar-refractivity contribution < 1.29 is 61.7 Å². The third kappa shape index (κ3) is 9.78. The first kappa shape index (κ1) is 43.9. The number of nitrogens with one attached hydrogen (secondary N) is 3. The number of anilines is 1. The fourth-order valence-corrected chi connectivity index (χ4v) is 7.71. The Morgan fingerprint density at radius 1 is 0.806 bits per heavy atom. The maximum absolute atomic E-state index is 13.5. The minimum atomic E-state index is -2.36. The number of aryl methyl sites for hydroxylation is 1. The molecule has 1 unspecified atom stereocenters. The van der Waals surface area contributed by atoms with Crippen LogP contribution in [0.15, 0.2) is 60.7 Å². The number of carbonyl (C=O) groups is 7. The van der Waals surface area contributed by atoms with Gasteiger partial charge >= 0.3 is 0 Å². The number of H-pyrrole nitrogens is 1. The second-order valence-electron chi connectivity index (χ2n) is 15.3. The number of hydrogen-bond donors (Lipinski definition) is 4. The second kappa shape index (κ2) is 19.2. The molecule has 2 fully saturated rings. The zero-order chi connectivity index (χ0) is 44.0. The Bertz CT molecular complexity index is 2400. The molecule has 326 valence electrons. The van der Waals surface area contributed by atoms with E-state index in [-0.39, 0.29) is 61.2 Å². The molecule has 4 heterocycles. The lowest BCUT2D eigenvalue weighted by molar-refractivity contribution is -0.149. The SMILES string of the molecule is O=C1CCC(N2C(=O)c3ccc(CCCOCCOCCOCCCC(=O)c4cc5cc(N6CC[C@](O)(C(=O)NCc7cc(F)cc(F)c7)C6=O)ccc5[nH]4)cc3C2=O)C(=O)N1. The normalized spacial score (nSPS) is 18.8. The Balaban J connectivity index is 0.746. The van der Waals surface area contributed by atoms with Crippen LogP contribution in [0.2, 0.25) is 0 Å². The van der Waals surface area contributed by atoms with Gasteiger partial charge in [-0.3, -0.25) is 43.8 Å². The maximum Gasteiger partial charge on any atom is 0.268 e. The average Bonchev–Trinajstić information content (AvgIpc) is 3.89. The minimum absolute atomic E-state index is 0.0470. The van der Waals surface area contributed by atoms with Gasteiger partial charge in [0.2, 0.25) is 17.4 Å². The van der Waals surface area contributed by atoms with Crippen LogP contribution in [0, 0.1) is 11.6 Å². The molecule has 18 heteroatoms. The summed E-state index contributed by atoms with van der Waals surface area (Å²) in [5.41, 5.74) is 0.583. The molecule has 0 spiro atoms. The highest BCUT2D eigenvalue weighted by Gasteiger charge is 2.52. The largest absolute Gasteiger partial charge is 0.379 e. The van der Waals surface area contributed by atoms with E-state index in [2.05, 4.69) is 15.6 Å². The molecule has 0 saturated carbocycles. The first-order chi connectivity index (χ1) is 29.8. The number of amides is 6. The zero-order valence-corrected chi connectivity index (χ0v) is 33.6. The van der Waals surface area contributed by atoms with E-state index in [0.29, 0.717) is 87.3 Å². The molecule has 16 nitrogen and oxygen atoms in total. The first-order valence-electron chi connectivity index (χ1n) is 20.3. The number of imide groups is 2. The van der Waals surface area contributed by atoms with Crippen LogP contribution < -0.4 is 15.5 Å². The predicted molar refractivity (Wildman–Crippen MR) is 216 cm³/mol. The van der Waals surface area contributed by atoms with E-state index >= 15 is 0 Å². The quantitative estimate of drug-likeness (QED) is 0.0438. The van der Waals surface area contributed by atoms with Gasteiger partial charge in [-0.1, -0.05) is 6.07 Å². The van der Waals surface area contributed by atoms with Crippen molar-refractivity contribution in [3.05, 3.63) is 100 Å². The molecule has 7 rings (SSSR count). The molecule has 2 atom stereocenters. The summed E-state index contributed by atoms with van der Waals surface area (Å²) in [5, 5.41) is 16.2. The van der Waals surface area contributed by atoms with Gasteiger partial charge in [0, 0.05) is 68.2 Å². The Kier molecular flexibility index (Phi) is 13.6. The van der Waals surface area contributed by atoms with E-state index in [4.69, 9.17) is 14.2 Å². The van der Waals surface area contributed by atoms with Crippen molar-refractivity contribution in [1.29, 1.82) is 0 Å². The number of aromatic amines is 1. The van der Waals surface area contributed by atoms with Gasteiger partial charge in [-0.25, -0.2) is 8.78 Å². The van der Waals surface area contributed by atoms with Crippen molar-refractivity contribution in [2.75, 3.05) is 51.1 Å². The number of ketones is 1. The van der Waals surface area contributed by atoms with E-state index in [1.807, 2.05) is 0 Å². The van der Waals surface area contributed by atoms with Crippen LogP contribution in [0.4, 0.5) is 14.5 Å². The van der Waals surface area contributed by atoms with Crippen molar-refractivity contribution >= 4 is 57.8 Å². The van der Waals surface area contributed by atoms with Crippen molar-refractivity contribution in [1.82, 2.24) is 20.5 Å². The molecule has 2 saturated heterocycles. The van der Waals surface area contributed by atoms with Gasteiger partial charge in [-0.2, -0.15) is 0 Å². The summed E-state index contributed by atoms with van der Waals surface area (Å²) < 4.78 is 43.9. The topological polar surface area (TPSA) is 214 Å². The van der Waals surface area contributed by atoms with Crippen LogP contribution in [-0.2, 0) is 46.4 Å². The summed E-state index contributed by atoms with van der Waals surface area (Å²) >= 11 is 0. The average molecular weight is 858 g/mol. The van der Waals surface area contributed by atoms with Gasteiger partial charge in [-0.05, 0) is 85.3 Å². The van der Waals surface area contributed by atoms with E-state index in [1.54, 1.807) is 42.5 Å². The molecule has 3 aliphatic rings. The number of benzene rings is 3. The number of aromatic nitrogens is 1. The molecule has 0 aliphatic carbocycles. The Morgan fingerprint density at radius 2 is 1.50 bits per heavy atom. The first-order valence-corrected chi connectivity index (χ1v) is 20.3. The van der Waals surface area contributed by atoms with Gasteiger partial charge in [0.25, 0.3) is 23.6 Å². The summed E-state index contributed by atoms with van der Waals surface area (Å²) in [6.07, 6.45) is 1.95. The minimum Gasteiger partial charge on any atom is -0.379 e. The Morgan fingerprint density at radius 3 is 2.23 bits per heavy atom. The van der Waals surface area contributed by atoms with E-state index in [0.717, 1.165) is 22.6 Å². The Hall–Kier alpha value is -6.21. The van der Waals surface area contributed by atoms with Gasteiger partial charge in [0.1, 0.15) is 17.7 Å². The van der Waals surface area contributed by atoms with E-state index in [9.17, 15) is 47.4 Å². The lowest BCUT2D eigenvalue weighted by Gasteiger charge is -2.27. The number of rotatable bonds is 20. The summed E-state index contributed by atoms with van der Waals surface area (Å²) in [6.45, 7) is 1.97. The lowest BCUT2D eigenvalue weighted by atomic mass is 10.0. The molecule has 62 heavy (non-hydrogen) atoms. The summed E-state index contributed by atoms with van der Waals surface area (Å²) in [4.78, 5) is 94.0. The van der Waals surface area contributed by atoms with Crippen molar-refractivity contribution in [2.24, 2.45) is 0 Å². The summed E-state index contributed by atoms with van der Waals surface area (Å²) in [7, 11) is 0. The molecule has 4 N–H and O–H groups in total. The number of piperidine rings is 1. The number of hydrogen-bond acceptors (Lipinski definition) is 11. The monoisotopic (exact) mass is 857 g/mol. The number of fused-ring (bicyclic) bond motifs is 2. The zero-order valence-electron chi connectivity index (χ0n) is 33.6. The molecule has 3 aliphatic heterocycles. The molecule has 0 bridgehead atoms. The predicted octanol–water partition coefficient (Wildman–Crippen LogP) is 3.28. The number of ether oxygens (including phenoxy) is 3. The van der Waals surface area contributed by atoms with Gasteiger partial charge in [-0.15, -0.1) is 0 Å². The van der Waals surface area contributed by atoms with E-state index < -0.39 is 58.7 Å². The van der Waals surface area contributed by atoms with Crippen LogP contribution in [0.3, 0.4) is 0 Å². The van der Waals surface area contributed by atoms with Crippen LogP contribution in [0.1, 0.15) is 80.9 Å². The van der Waals surface area contributed by atoms with Gasteiger partial charge < -0.3 is 34.5 Å². The third-order valence-electron chi connectivity index (χ3n) is 11.0. The number of aliphatic hydroxyl groups is 1. The van der Waals surface area contributed by atoms with Crippen LogP contribution in [0.25, 0.3) is 10.9 Å². The molecular weight excluding hydrogens is 813 g/mol. The summed E-state index contributed by atoms with van der Waals surface area (Å²) in [5.74, 6) is -5.73. The molecule has 1 aromatic heterocycles. The highest BCUT2D eigenvalue weighted by molar-refractivity contribution is 6.23. The Labute approximate surface area is 353 Å². The highest BCUT2D eigenvalue weighted by Crippen LogP contribution is 2.32. The number of carbonyl (C=O) groups excluding carboxylic acids is 7. The fraction of sp³-hybridized carbons (Fsp3) is 0.386. The van der Waals surface area contributed by atoms with Crippen molar-refractivity contribution in [2.45, 2.75) is 63.1 Å². The van der Waals surface area contributed by atoms with Crippen LogP contribution in [0.5, 0.6) is 0 Å². The number of halogens is 2. The van der Waals surface area contributed by atoms with Crippen molar-refractivity contribution in [3.8, 4) is 0 Å². The summed E-state index contributed by atoms with van der Waals surface area (Å²) in [6, 6.07) is 13.5. The van der Waals surface area contributed by atoms with Crippen LogP contribution in [-0.4, -0.2) is 114 Å². The molecular formula is C44H45F2N5O11. The van der Waals surface area contributed by atoms with Crippen molar-refractivity contribution in [3.63, 3.8) is 0 Å². The third-order valence-corrected chi connectivity index (χ3v) is 11.0. The second-order valence-corrected chi connectivity index (χ2v) is 15.3. The molecule has 3 aromatic carbocycles. The number of nitrogens with zero attached hydrogens (tertiary/aromatic N) is 2. The lowest BCUT2D eigenvalue weighted by Crippen LogP contribution is -2.54. The standard InChI is InChI=1S/C44H45F2N5O11/c45-29-19-27(20-30(46)24-29)25-47-42(57)44(59)11-12-50(43(44)58)31-6-8-34-28(22-31)23-35(48-34)37(52)4-2-14-61-16-18-62-17-15-60-13-1-3-26-5-7-32-33(21-26)41(56)51(40(32)55)36-9-10-38(53)49-39(36)54/h5-8,19-24,36,48,59H,1-4,9-18,25H2,(H,47,57)(H,49,53,54)/t36?,44-/m0/s1. The molecule has 4 aromatic rings. The number of Topliss-reactive ketones (excluding diaryl/α,β-unsaturated/α-hetero) is 1.